The number of sulfonamides is 1. The summed E-state index contributed by atoms with van der Waals surface area (Å²) >= 11 is 0. The Bertz CT molecular complexity index is 536. The minimum atomic E-state index is -3.09. The average Bonchev–Trinajstić information content (AvgIpc) is 2.31. The van der Waals surface area contributed by atoms with E-state index in [1.165, 1.54) is 10.6 Å². The molecule has 1 aromatic rings. The predicted octanol–water partition coefficient (Wildman–Crippen LogP) is 0.0538. The summed E-state index contributed by atoms with van der Waals surface area (Å²) in [6.07, 6.45) is 1.24. The third kappa shape index (κ3) is 2.73. The highest BCUT2D eigenvalue weighted by Crippen LogP contribution is 2.22. The molecule has 0 aromatic carbocycles. The van der Waals surface area contributed by atoms with E-state index >= 15 is 0 Å². The van der Waals surface area contributed by atoms with Crippen LogP contribution in [0, 0.1) is 6.92 Å². The van der Waals surface area contributed by atoms with Crippen LogP contribution in [0.2, 0.25) is 0 Å². The number of pyridine rings is 1. The minimum absolute atomic E-state index is 0.480. The van der Waals surface area contributed by atoms with E-state index < -0.39 is 10.0 Å². The van der Waals surface area contributed by atoms with Crippen LogP contribution in [0.4, 0.5) is 11.5 Å². The number of aryl methyl sites for hydroxylation is 1. The lowest BCUT2D eigenvalue weighted by molar-refractivity contribution is 0.387. The number of nitrogens with two attached hydrogens (primary N) is 1. The summed E-state index contributed by atoms with van der Waals surface area (Å²) in [5, 5.41) is 0. The zero-order valence-electron chi connectivity index (χ0n) is 10.6. The van der Waals surface area contributed by atoms with Gasteiger partial charge in [0.15, 0.2) is 5.82 Å². The molecule has 100 valence electrons. The van der Waals surface area contributed by atoms with Crippen LogP contribution < -0.4 is 10.6 Å². The van der Waals surface area contributed by atoms with E-state index in [2.05, 4.69) is 4.98 Å². The maximum absolute atomic E-state index is 11.4. The van der Waals surface area contributed by atoms with Crippen LogP contribution in [0.5, 0.6) is 0 Å². The van der Waals surface area contributed by atoms with Gasteiger partial charge in [0.2, 0.25) is 10.0 Å². The summed E-state index contributed by atoms with van der Waals surface area (Å²) in [6.45, 7) is 4.11. The first-order chi connectivity index (χ1) is 8.38. The van der Waals surface area contributed by atoms with E-state index in [-0.39, 0.29) is 0 Å². The molecule has 18 heavy (non-hydrogen) atoms. The van der Waals surface area contributed by atoms with E-state index in [1.807, 2.05) is 24.0 Å². The van der Waals surface area contributed by atoms with Crippen LogP contribution >= 0.6 is 0 Å². The van der Waals surface area contributed by atoms with E-state index in [1.54, 1.807) is 0 Å². The predicted molar refractivity (Wildman–Crippen MR) is 72.0 cm³/mol. The van der Waals surface area contributed by atoms with Gasteiger partial charge in [-0.2, -0.15) is 4.31 Å². The van der Waals surface area contributed by atoms with Crippen LogP contribution in [0.15, 0.2) is 12.1 Å². The Morgan fingerprint density at radius 3 is 2.39 bits per heavy atom. The Morgan fingerprint density at radius 1 is 1.22 bits per heavy atom. The number of hydrogen-bond acceptors (Lipinski definition) is 5. The van der Waals surface area contributed by atoms with Crippen LogP contribution in [0.3, 0.4) is 0 Å². The van der Waals surface area contributed by atoms with Crippen molar-refractivity contribution in [1.82, 2.24) is 9.29 Å². The molecule has 0 saturated carbocycles. The number of rotatable bonds is 2. The maximum atomic E-state index is 11.4. The fourth-order valence-electron chi connectivity index (χ4n) is 2.04. The molecule has 0 unspecified atom stereocenters. The lowest BCUT2D eigenvalue weighted by atomic mass is 10.3. The molecule has 1 fully saturated rings. The smallest absolute Gasteiger partial charge is 0.211 e. The molecule has 1 aromatic heterocycles. The first-order valence-electron chi connectivity index (χ1n) is 5.81. The van der Waals surface area contributed by atoms with Gasteiger partial charge in [0.05, 0.1) is 11.9 Å². The van der Waals surface area contributed by atoms with E-state index in [0.29, 0.717) is 31.9 Å². The quantitative estimate of drug-likeness (QED) is 0.821. The fourth-order valence-corrected chi connectivity index (χ4v) is 2.87. The Morgan fingerprint density at radius 2 is 1.83 bits per heavy atom. The molecule has 2 N–H and O–H groups in total. The SMILES string of the molecule is Cc1ccc(N)c(N2CCN(S(C)(=O)=O)CC2)n1. The molecule has 2 heterocycles. The summed E-state index contributed by atoms with van der Waals surface area (Å²) in [6, 6.07) is 3.70. The van der Waals surface area contributed by atoms with Gasteiger partial charge >= 0.3 is 0 Å². The van der Waals surface area contributed by atoms with Gasteiger partial charge < -0.3 is 10.6 Å². The number of aromatic nitrogens is 1. The second-order valence-electron chi connectivity index (χ2n) is 4.51. The highest BCUT2D eigenvalue weighted by atomic mass is 32.2. The van der Waals surface area contributed by atoms with Gasteiger partial charge in [-0.15, -0.1) is 0 Å². The Hall–Kier alpha value is -1.34. The van der Waals surface area contributed by atoms with Gasteiger partial charge in [-0.3, -0.25) is 0 Å². The van der Waals surface area contributed by atoms with Crippen molar-refractivity contribution >= 4 is 21.5 Å². The van der Waals surface area contributed by atoms with Gasteiger partial charge in [0.1, 0.15) is 0 Å². The van der Waals surface area contributed by atoms with Crippen LogP contribution in [-0.2, 0) is 10.0 Å². The molecule has 1 saturated heterocycles. The van der Waals surface area contributed by atoms with E-state index in [0.717, 1.165) is 11.5 Å². The van der Waals surface area contributed by atoms with E-state index in [9.17, 15) is 8.42 Å². The third-order valence-corrected chi connectivity index (χ3v) is 4.35. The maximum Gasteiger partial charge on any atom is 0.211 e. The van der Waals surface area contributed by atoms with Crippen molar-refractivity contribution in [1.29, 1.82) is 0 Å². The lowest BCUT2D eigenvalue weighted by Gasteiger charge is -2.34. The van der Waals surface area contributed by atoms with Gasteiger partial charge in [0, 0.05) is 31.9 Å². The molecule has 0 bridgehead atoms. The second-order valence-corrected chi connectivity index (χ2v) is 6.50. The molecule has 0 aliphatic carbocycles. The number of nitrogen functional groups attached to an aromatic ring is 1. The van der Waals surface area contributed by atoms with Crippen LogP contribution in [0.25, 0.3) is 0 Å². The number of hydrogen-bond donors (Lipinski definition) is 1. The Balaban J connectivity index is 2.12. The summed E-state index contributed by atoms with van der Waals surface area (Å²) in [7, 11) is -3.09. The molecule has 6 nitrogen and oxygen atoms in total. The highest BCUT2D eigenvalue weighted by molar-refractivity contribution is 7.88. The van der Waals surface area contributed by atoms with E-state index in [4.69, 9.17) is 5.73 Å². The van der Waals surface area contributed by atoms with Crippen LogP contribution in [0.1, 0.15) is 5.69 Å². The van der Waals surface area contributed by atoms with Gasteiger partial charge in [-0.25, -0.2) is 13.4 Å². The second kappa shape index (κ2) is 4.74. The van der Waals surface area contributed by atoms with Crippen molar-refractivity contribution in [3.05, 3.63) is 17.8 Å². The molecular weight excluding hydrogens is 252 g/mol. The zero-order chi connectivity index (χ0) is 13.3. The van der Waals surface area contributed by atoms with Gasteiger partial charge in [-0.1, -0.05) is 0 Å². The summed E-state index contributed by atoms with van der Waals surface area (Å²) in [4.78, 5) is 6.45. The normalized spacial score (nSPS) is 18.0. The van der Waals surface area contributed by atoms with Crippen molar-refractivity contribution in [3.8, 4) is 0 Å². The fraction of sp³-hybridized carbons (Fsp3) is 0.545. The standard InChI is InChI=1S/C11H18N4O2S/c1-9-3-4-10(12)11(13-9)14-5-7-15(8-6-14)18(2,16)17/h3-4H,5-8,12H2,1-2H3. The number of piperazine rings is 1. The lowest BCUT2D eigenvalue weighted by Crippen LogP contribution is -2.48. The molecule has 0 atom stereocenters. The monoisotopic (exact) mass is 270 g/mol. The van der Waals surface area contributed by atoms with Crippen molar-refractivity contribution in [2.75, 3.05) is 43.1 Å². The van der Waals surface area contributed by atoms with Gasteiger partial charge in [-0.05, 0) is 19.1 Å². The number of nitrogens with zero attached hydrogens (tertiary/aromatic N) is 3. The summed E-state index contributed by atoms with van der Waals surface area (Å²) in [5.41, 5.74) is 7.44. The molecular formula is C11H18N4O2S. The largest absolute Gasteiger partial charge is 0.396 e. The summed E-state index contributed by atoms with van der Waals surface area (Å²) in [5.74, 6) is 0.753. The number of anilines is 2. The average molecular weight is 270 g/mol. The first kappa shape index (κ1) is 13.1. The molecule has 1 aliphatic rings. The minimum Gasteiger partial charge on any atom is -0.396 e. The van der Waals surface area contributed by atoms with Crippen LogP contribution in [-0.4, -0.2) is 50.1 Å². The molecule has 7 heteroatoms. The Kier molecular flexibility index (Phi) is 3.45. The zero-order valence-corrected chi connectivity index (χ0v) is 11.4. The molecule has 2 rings (SSSR count). The third-order valence-electron chi connectivity index (χ3n) is 3.05. The molecule has 0 spiro atoms. The van der Waals surface area contributed by atoms with Crippen molar-refractivity contribution in [2.24, 2.45) is 0 Å². The Labute approximate surface area is 107 Å². The molecule has 0 amide bonds. The molecule has 1 aliphatic heterocycles. The van der Waals surface area contributed by atoms with Crippen molar-refractivity contribution in [2.45, 2.75) is 6.92 Å². The van der Waals surface area contributed by atoms with Gasteiger partial charge in [0.25, 0.3) is 0 Å². The van der Waals surface area contributed by atoms with Crippen molar-refractivity contribution in [3.63, 3.8) is 0 Å². The summed E-state index contributed by atoms with van der Waals surface area (Å²) < 4.78 is 24.3. The first-order valence-corrected chi connectivity index (χ1v) is 7.66. The topological polar surface area (TPSA) is 79.5 Å². The van der Waals surface area contributed by atoms with Crippen molar-refractivity contribution < 1.29 is 8.42 Å². The molecule has 0 radical (unpaired) electrons. The highest BCUT2D eigenvalue weighted by Gasteiger charge is 2.24.